The van der Waals surface area contributed by atoms with E-state index in [9.17, 15) is 0 Å². The molecule has 0 saturated carbocycles. The molecule has 0 aliphatic rings. The molecular formula is C16H10BrClN2. The summed E-state index contributed by atoms with van der Waals surface area (Å²) in [5, 5.41) is 0.689. The number of benzene rings is 1. The minimum absolute atomic E-state index is 0.689. The summed E-state index contributed by atoms with van der Waals surface area (Å²) in [6.07, 6.45) is 7.13. The first kappa shape index (κ1) is 13.3. The van der Waals surface area contributed by atoms with Crippen LogP contribution < -0.4 is 0 Å². The smallest absolute Gasteiger partial charge is 0.0554 e. The fourth-order valence-electron chi connectivity index (χ4n) is 2.09. The van der Waals surface area contributed by atoms with Gasteiger partial charge in [-0.2, -0.15) is 0 Å². The first-order valence-corrected chi connectivity index (χ1v) is 7.22. The van der Waals surface area contributed by atoms with Gasteiger partial charge in [0.05, 0.1) is 5.02 Å². The number of halogens is 2. The van der Waals surface area contributed by atoms with Crippen LogP contribution in [0.4, 0.5) is 0 Å². The van der Waals surface area contributed by atoms with Crippen LogP contribution in [0.2, 0.25) is 5.02 Å². The predicted octanol–water partition coefficient (Wildman–Crippen LogP) is 5.23. The van der Waals surface area contributed by atoms with E-state index in [1.165, 1.54) is 0 Å². The van der Waals surface area contributed by atoms with Crippen LogP contribution in [-0.2, 0) is 0 Å². The lowest BCUT2D eigenvalue weighted by Crippen LogP contribution is -1.87. The fourth-order valence-corrected chi connectivity index (χ4v) is 2.59. The van der Waals surface area contributed by atoms with E-state index in [1.807, 2.05) is 36.4 Å². The zero-order valence-electron chi connectivity index (χ0n) is 10.4. The Kier molecular flexibility index (Phi) is 3.81. The largest absolute Gasteiger partial charge is 0.265 e. The van der Waals surface area contributed by atoms with E-state index < -0.39 is 0 Å². The SMILES string of the molecule is Clc1cc(-c2ccncc2)c(-c2ccncc2)cc1Br. The summed E-state index contributed by atoms with van der Waals surface area (Å²) in [5.74, 6) is 0. The maximum atomic E-state index is 6.25. The molecule has 2 aromatic heterocycles. The zero-order chi connectivity index (χ0) is 13.9. The van der Waals surface area contributed by atoms with E-state index in [0.29, 0.717) is 5.02 Å². The van der Waals surface area contributed by atoms with E-state index in [-0.39, 0.29) is 0 Å². The molecule has 3 rings (SSSR count). The van der Waals surface area contributed by atoms with Gasteiger partial charge >= 0.3 is 0 Å². The number of aromatic nitrogens is 2. The van der Waals surface area contributed by atoms with E-state index >= 15 is 0 Å². The van der Waals surface area contributed by atoms with Gasteiger partial charge in [-0.1, -0.05) is 11.6 Å². The highest BCUT2D eigenvalue weighted by Crippen LogP contribution is 2.37. The highest BCUT2D eigenvalue weighted by atomic mass is 79.9. The summed E-state index contributed by atoms with van der Waals surface area (Å²) < 4.78 is 0.879. The van der Waals surface area contributed by atoms with Crippen LogP contribution in [0.25, 0.3) is 22.3 Å². The molecular weight excluding hydrogens is 336 g/mol. The summed E-state index contributed by atoms with van der Waals surface area (Å²) in [5.41, 5.74) is 4.37. The van der Waals surface area contributed by atoms with E-state index in [4.69, 9.17) is 11.6 Å². The summed E-state index contributed by atoms with van der Waals surface area (Å²) in [6.45, 7) is 0. The number of hydrogen-bond donors (Lipinski definition) is 0. The highest BCUT2D eigenvalue weighted by molar-refractivity contribution is 9.10. The van der Waals surface area contributed by atoms with Crippen LogP contribution in [0.3, 0.4) is 0 Å². The standard InChI is InChI=1S/C16H10BrClN2/c17-15-9-13(11-1-5-19-6-2-11)14(10-16(15)18)12-3-7-20-8-4-12/h1-10H. The summed E-state index contributed by atoms with van der Waals surface area (Å²) in [6, 6.07) is 11.9. The first-order chi connectivity index (χ1) is 9.75. The van der Waals surface area contributed by atoms with Crippen molar-refractivity contribution in [3.63, 3.8) is 0 Å². The molecule has 2 heterocycles. The molecule has 0 aliphatic carbocycles. The van der Waals surface area contributed by atoms with Gasteiger partial charge in [0.1, 0.15) is 0 Å². The second-order valence-electron chi connectivity index (χ2n) is 4.28. The Balaban J connectivity index is 2.26. The van der Waals surface area contributed by atoms with E-state index in [1.54, 1.807) is 24.8 Å². The van der Waals surface area contributed by atoms with Crippen molar-refractivity contribution in [2.45, 2.75) is 0 Å². The number of rotatable bonds is 2. The van der Waals surface area contributed by atoms with Crippen molar-refractivity contribution in [3.05, 3.63) is 70.7 Å². The minimum Gasteiger partial charge on any atom is -0.265 e. The van der Waals surface area contributed by atoms with Gasteiger partial charge < -0.3 is 0 Å². The number of hydrogen-bond acceptors (Lipinski definition) is 2. The van der Waals surface area contributed by atoms with Gasteiger partial charge in [0, 0.05) is 29.3 Å². The molecule has 20 heavy (non-hydrogen) atoms. The lowest BCUT2D eigenvalue weighted by molar-refractivity contribution is 1.32. The molecule has 4 heteroatoms. The normalized spacial score (nSPS) is 10.5. The van der Waals surface area contributed by atoms with Crippen LogP contribution in [0.5, 0.6) is 0 Å². The van der Waals surface area contributed by atoms with Gasteiger partial charge in [0.2, 0.25) is 0 Å². The molecule has 0 saturated heterocycles. The molecule has 0 radical (unpaired) electrons. The summed E-state index contributed by atoms with van der Waals surface area (Å²) in [4.78, 5) is 8.13. The second kappa shape index (κ2) is 5.73. The third-order valence-electron chi connectivity index (χ3n) is 3.04. The Morgan fingerprint density at radius 2 is 1.20 bits per heavy atom. The van der Waals surface area contributed by atoms with Crippen molar-refractivity contribution in [3.8, 4) is 22.3 Å². The molecule has 0 N–H and O–H groups in total. The Bertz CT molecular complexity index is 666. The van der Waals surface area contributed by atoms with Crippen molar-refractivity contribution in [1.29, 1.82) is 0 Å². The van der Waals surface area contributed by atoms with Gasteiger partial charge in [0.15, 0.2) is 0 Å². The molecule has 1 aromatic carbocycles. The molecule has 0 atom stereocenters. The van der Waals surface area contributed by atoms with E-state index in [2.05, 4.69) is 25.9 Å². The number of pyridine rings is 2. The van der Waals surface area contributed by atoms with Crippen molar-refractivity contribution in [2.24, 2.45) is 0 Å². The molecule has 0 amide bonds. The van der Waals surface area contributed by atoms with Gasteiger partial charge in [-0.05, 0) is 74.6 Å². The predicted molar refractivity (Wildman–Crippen MR) is 85.6 cm³/mol. The number of nitrogens with zero attached hydrogens (tertiary/aromatic N) is 2. The van der Waals surface area contributed by atoms with Crippen LogP contribution >= 0.6 is 27.5 Å². The van der Waals surface area contributed by atoms with Gasteiger partial charge in [-0.15, -0.1) is 0 Å². The average Bonchev–Trinajstić information content (AvgIpc) is 2.51. The Labute approximate surface area is 130 Å². The molecule has 3 aromatic rings. The Morgan fingerprint density at radius 3 is 1.70 bits per heavy atom. The molecule has 2 nitrogen and oxygen atoms in total. The quantitative estimate of drug-likeness (QED) is 0.636. The lowest BCUT2D eigenvalue weighted by atomic mass is 9.96. The minimum atomic E-state index is 0.689. The molecule has 0 unspecified atom stereocenters. The van der Waals surface area contributed by atoms with Gasteiger partial charge in [-0.3, -0.25) is 9.97 Å². The second-order valence-corrected chi connectivity index (χ2v) is 5.55. The lowest BCUT2D eigenvalue weighted by Gasteiger charge is -2.12. The maximum absolute atomic E-state index is 6.25. The van der Waals surface area contributed by atoms with Crippen molar-refractivity contribution < 1.29 is 0 Å². The average molecular weight is 346 g/mol. The van der Waals surface area contributed by atoms with Crippen molar-refractivity contribution in [2.75, 3.05) is 0 Å². The van der Waals surface area contributed by atoms with Crippen LogP contribution in [-0.4, -0.2) is 9.97 Å². The van der Waals surface area contributed by atoms with Gasteiger partial charge in [0.25, 0.3) is 0 Å². The topological polar surface area (TPSA) is 25.8 Å². The molecule has 0 bridgehead atoms. The highest BCUT2D eigenvalue weighted by Gasteiger charge is 2.11. The van der Waals surface area contributed by atoms with Crippen molar-refractivity contribution >= 4 is 27.5 Å². The molecule has 0 spiro atoms. The maximum Gasteiger partial charge on any atom is 0.0554 e. The Hall–Kier alpha value is -1.71. The van der Waals surface area contributed by atoms with Crippen LogP contribution in [0.15, 0.2) is 65.7 Å². The van der Waals surface area contributed by atoms with Gasteiger partial charge in [-0.25, -0.2) is 0 Å². The molecule has 0 aliphatic heterocycles. The fraction of sp³-hybridized carbons (Fsp3) is 0. The third-order valence-corrected chi connectivity index (χ3v) is 4.24. The van der Waals surface area contributed by atoms with E-state index in [0.717, 1.165) is 26.7 Å². The molecule has 98 valence electrons. The van der Waals surface area contributed by atoms with Crippen LogP contribution in [0.1, 0.15) is 0 Å². The summed E-state index contributed by atoms with van der Waals surface area (Å²) in [7, 11) is 0. The first-order valence-electron chi connectivity index (χ1n) is 6.05. The monoisotopic (exact) mass is 344 g/mol. The van der Waals surface area contributed by atoms with Crippen LogP contribution in [0, 0.1) is 0 Å². The summed E-state index contributed by atoms with van der Waals surface area (Å²) >= 11 is 9.74. The third kappa shape index (κ3) is 2.60. The zero-order valence-corrected chi connectivity index (χ0v) is 12.8. The Morgan fingerprint density at radius 1 is 0.750 bits per heavy atom. The van der Waals surface area contributed by atoms with Crippen molar-refractivity contribution in [1.82, 2.24) is 9.97 Å². The molecule has 0 fully saturated rings.